The van der Waals surface area contributed by atoms with Gasteiger partial charge in [-0.2, -0.15) is 13.2 Å². The summed E-state index contributed by atoms with van der Waals surface area (Å²) in [5.41, 5.74) is -1.69. The molecule has 106 valence electrons. The van der Waals surface area contributed by atoms with E-state index in [4.69, 9.17) is 14.2 Å². The van der Waals surface area contributed by atoms with Gasteiger partial charge in [-0.1, -0.05) is 0 Å². The molecule has 0 unspecified atom stereocenters. The normalized spacial score (nSPS) is 11.1. The topological polar surface area (TPSA) is 44.8 Å². The van der Waals surface area contributed by atoms with Crippen LogP contribution >= 0.6 is 0 Å². The zero-order valence-corrected chi connectivity index (χ0v) is 10.8. The highest BCUT2D eigenvalue weighted by atomic mass is 19.4. The standard InChI is InChI=1S/C12H13F3O4/c1-6(16)7-5-8(17-2)10(18-3)11(19-4)9(7)12(13,14)15/h5H,1-4H3. The van der Waals surface area contributed by atoms with E-state index in [0.29, 0.717) is 0 Å². The molecule has 0 bridgehead atoms. The molecule has 19 heavy (non-hydrogen) atoms. The lowest BCUT2D eigenvalue weighted by Gasteiger charge is -2.20. The van der Waals surface area contributed by atoms with Crippen molar-refractivity contribution >= 4 is 5.78 Å². The first-order valence-electron chi connectivity index (χ1n) is 5.19. The predicted molar refractivity (Wildman–Crippen MR) is 61.1 cm³/mol. The van der Waals surface area contributed by atoms with Crippen molar-refractivity contribution in [2.24, 2.45) is 0 Å². The summed E-state index contributed by atoms with van der Waals surface area (Å²) in [6.07, 6.45) is -4.74. The van der Waals surface area contributed by atoms with Crippen molar-refractivity contribution in [3.63, 3.8) is 0 Å². The van der Waals surface area contributed by atoms with Crippen molar-refractivity contribution in [1.29, 1.82) is 0 Å². The minimum absolute atomic E-state index is 0.00227. The van der Waals surface area contributed by atoms with Gasteiger partial charge in [-0.3, -0.25) is 4.79 Å². The van der Waals surface area contributed by atoms with Gasteiger partial charge < -0.3 is 14.2 Å². The summed E-state index contributed by atoms with van der Waals surface area (Å²) >= 11 is 0. The molecule has 7 heteroatoms. The first-order chi connectivity index (χ1) is 8.77. The number of carbonyl (C=O) groups excluding carboxylic acids is 1. The molecule has 1 aromatic rings. The third-order valence-corrected chi connectivity index (χ3v) is 2.49. The number of methoxy groups -OCH3 is 3. The van der Waals surface area contributed by atoms with Crippen LogP contribution in [0.5, 0.6) is 17.2 Å². The van der Waals surface area contributed by atoms with E-state index in [1.54, 1.807) is 0 Å². The number of rotatable bonds is 4. The molecule has 0 saturated carbocycles. The van der Waals surface area contributed by atoms with Crippen molar-refractivity contribution in [3.05, 3.63) is 17.2 Å². The van der Waals surface area contributed by atoms with Gasteiger partial charge in [0.15, 0.2) is 17.3 Å². The molecule has 4 nitrogen and oxygen atoms in total. The maximum absolute atomic E-state index is 13.1. The van der Waals surface area contributed by atoms with Gasteiger partial charge in [-0.15, -0.1) is 0 Å². The SMILES string of the molecule is COc1cc(C(C)=O)c(C(F)(F)F)c(OC)c1OC. The molecule has 0 amide bonds. The zero-order valence-electron chi connectivity index (χ0n) is 10.8. The molecule has 1 rings (SSSR count). The van der Waals surface area contributed by atoms with E-state index >= 15 is 0 Å². The second-order valence-electron chi connectivity index (χ2n) is 3.62. The van der Waals surface area contributed by atoms with E-state index in [1.165, 1.54) is 14.2 Å². The fraction of sp³-hybridized carbons (Fsp3) is 0.417. The molecule has 0 atom stereocenters. The summed E-state index contributed by atoms with van der Waals surface area (Å²) in [5.74, 6) is -1.52. The summed E-state index contributed by atoms with van der Waals surface area (Å²) in [6.45, 7) is 1.04. The highest BCUT2D eigenvalue weighted by Gasteiger charge is 2.41. The Hall–Kier alpha value is -1.92. The van der Waals surface area contributed by atoms with Gasteiger partial charge in [0.05, 0.1) is 21.3 Å². The van der Waals surface area contributed by atoms with E-state index < -0.39 is 28.8 Å². The third-order valence-electron chi connectivity index (χ3n) is 2.49. The van der Waals surface area contributed by atoms with Gasteiger partial charge in [0.2, 0.25) is 5.75 Å². The summed E-state index contributed by atoms with van der Waals surface area (Å²) in [6, 6.07) is 0.993. The Morgan fingerprint density at radius 1 is 1.05 bits per heavy atom. The lowest BCUT2D eigenvalue weighted by atomic mass is 10.0. The van der Waals surface area contributed by atoms with Crippen LogP contribution in [0.4, 0.5) is 13.2 Å². The number of ketones is 1. The van der Waals surface area contributed by atoms with Crippen molar-refractivity contribution in [3.8, 4) is 17.2 Å². The van der Waals surface area contributed by atoms with E-state index in [1.807, 2.05) is 0 Å². The summed E-state index contributed by atoms with van der Waals surface area (Å²) in [7, 11) is 3.51. The molecule has 0 aromatic heterocycles. The van der Waals surface area contributed by atoms with Crippen molar-refractivity contribution in [2.75, 3.05) is 21.3 Å². The van der Waals surface area contributed by atoms with Gasteiger partial charge in [-0.25, -0.2) is 0 Å². The molecular formula is C12H13F3O4. The van der Waals surface area contributed by atoms with Crippen molar-refractivity contribution < 1.29 is 32.2 Å². The van der Waals surface area contributed by atoms with Crippen LogP contribution in [0.2, 0.25) is 0 Å². The lowest BCUT2D eigenvalue weighted by Crippen LogP contribution is -2.15. The van der Waals surface area contributed by atoms with E-state index in [2.05, 4.69) is 0 Å². The quantitative estimate of drug-likeness (QED) is 0.794. The van der Waals surface area contributed by atoms with Crippen LogP contribution in [0.1, 0.15) is 22.8 Å². The number of hydrogen-bond acceptors (Lipinski definition) is 4. The average molecular weight is 278 g/mol. The summed E-state index contributed by atoms with van der Waals surface area (Å²) < 4.78 is 53.8. The second-order valence-corrected chi connectivity index (χ2v) is 3.62. The molecular weight excluding hydrogens is 265 g/mol. The molecule has 1 aromatic carbocycles. The van der Waals surface area contributed by atoms with Gasteiger partial charge in [0.1, 0.15) is 5.56 Å². The summed E-state index contributed by atoms with van der Waals surface area (Å²) in [5, 5.41) is 0. The predicted octanol–water partition coefficient (Wildman–Crippen LogP) is 2.93. The Kier molecular flexibility index (Phi) is 4.28. The number of ether oxygens (including phenoxy) is 3. The Morgan fingerprint density at radius 3 is 1.89 bits per heavy atom. The van der Waals surface area contributed by atoms with Crippen LogP contribution in [0.3, 0.4) is 0 Å². The van der Waals surface area contributed by atoms with Crippen LogP contribution in [-0.2, 0) is 6.18 Å². The lowest BCUT2D eigenvalue weighted by molar-refractivity contribution is -0.139. The number of benzene rings is 1. The smallest absolute Gasteiger partial charge is 0.420 e. The molecule has 0 aliphatic carbocycles. The zero-order chi connectivity index (χ0) is 14.8. The van der Waals surface area contributed by atoms with Gasteiger partial charge in [0.25, 0.3) is 0 Å². The highest BCUT2D eigenvalue weighted by molar-refractivity contribution is 5.97. The highest BCUT2D eigenvalue weighted by Crippen LogP contribution is 2.48. The third kappa shape index (κ3) is 2.74. The van der Waals surface area contributed by atoms with Crippen LogP contribution < -0.4 is 14.2 Å². The Labute approximate surface area is 108 Å². The van der Waals surface area contributed by atoms with E-state index in [0.717, 1.165) is 20.1 Å². The van der Waals surface area contributed by atoms with Crippen LogP contribution in [0.25, 0.3) is 0 Å². The number of halogens is 3. The van der Waals surface area contributed by atoms with E-state index in [-0.39, 0.29) is 11.5 Å². The monoisotopic (exact) mass is 278 g/mol. The molecule has 0 aliphatic heterocycles. The maximum Gasteiger partial charge on any atom is 0.420 e. The Balaban J connectivity index is 3.80. The molecule has 0 N–H and O–H groups in total. The fourth-order valence-electron chi connectivity index (χ4n) is 1.72. The fourth-order valence-corrected chi connectivity index (χ4v) is 1.72. The second kappa shape index (κ2) is 5.38. The minimum Gasteiger partial charge on any atom is -0.493 e. The van der Waals surface area contributed by atoms with Gasteiger partial charge >= 0.3 is 6.18 Å². The minimum atomic E-state index is -4.74. The average Bonchev–Trinajstić information content (AvgIpc) is 2.34. The largest absolute Gasteiger partial charge is 0.493 e. The number of carbonyl (C=O) groups is 1. The van der Waals surface area contributed by atoms with Crippen LogP contribution in [0, 0.1) is 0 Å². The van der Waals surface area contributed by atoms with Crippen LogP contribution in [-0.4, -0.2) is 27.1 Å². The Bertz CT molecular complexity index is 495. The van der Waals surface area contributed by atoms with Crippen molar-refractivity contribution in [1.82, 2.24) is 0 Å². The summed E-state index contributed by atoms with van der Waals surface area (Å²) in [4.78, 5) is 11.4. The van der Waals surface area contributed by atoms with E-state index in [9.17, 15) is 18.0 Å². The molecule has 0 saturated heterocycles. The number of Topliss-reactive ketones (excluding diaryl/α,β-unsaturated/α-hetero) is 1. The first kappa shape index (κ1) is 15.1. The first-order valence-corrected chi connectivity index (χ1v) is 5.19. The number of hydrogen-bond donors (Lipinski definition) is 0. The maximum atomic E-state index is 13.1. The van der Waals surface area contributed by atoms with Crippen molar-refractivity contribution in [2.45, 2.75) is 13.1 Å². The van der Waals surface area contributed by atoms with Gasteiger partial charge in [0, 0.05) is 5.56 Å². The molecule has 0 aliphatic rings. The molecule has 0 fully saturated rings. The van der Waals surface area contributed by atoms with Crippen LogP contribution in [0.15, 0.2) is 6.07 Å². The number of alkyl halides is 3. The van der Waals surface area contributed by atoms with Gasteiger partial charge in [-0.05, 0) is 13.0 Å². The molecule has 0 heterocycles. The Morgan fingerprint density at radius 2 is 1.58 bits per heavy atom. The molecule has 0 radical (unpaired) electrons. The molecule has 0 spiro atoms.